The van der Waals surface area contributed by atoms with Crippen molar-refractivity contribution in [2.24, 2.45) is 0 Å². The molecule has 1 amide bonds. The summed E-state index contributed by atoms with van der Waals surface area (Å²) in [5, 5.41) is 2.70. The van der Waals surface area contributed by atoms with Crippen molar-refractivity contribution in [3.05, 3.63) is 36.4 Å². The average Bonchev–Trinajstić information content (AvgIpc) is 2.27. The highest BCUT2D eigenvalue weighted by Gasteiger charge is 2.07. The molecule has 0 aromatic heterocycles. The Labute approximate surface area is 95.1 Å². The van der Waals surface area contributed by atoms with Crippen LogP contribution in [0.3, 0.4) is 0 Å². The first-order valence-electron chi connectivity index (χ1n) is 5.10. The molecular weight excluding hydrogens is 204 g/mol. The number of nitrogen functional groups attached to an aromatic ring is 1. The minimum Gasteiger partial charge on any atom is -0.487 e. The van der Waals surface area contributed by atoms with Crippen LogP contribution in [0.25, 0.3) is 0 Å². The molecule has 0 heterocycles. The van der Waals surface area contributed by atoms with E-state index >= 15 is 0 Å². The second-order valence-corrected chi connectivity index (χ2v) is 3.21. The van der Waals surface area contributed by atoms with Gasteiger partial charge >= 0.3 is 0 Å². The predicted molar refractivity (Wildman–Crippen MR) is 64.6 cm³/mol. The number of amides is 1. The van der Waals surface area contributed by atoms with Gasteiger partial charge in [0, 0.05) is 12.1 Å². The lowest BCUT2D eigenvalue weighted by molar-refractivity contribution is 0.0956. The number of nitrogens with one attached hydrogen (secondary N) is 1. The largest absolute Gasteiger partial charge is 0.487 e. The Kier molecular flexibility index (Phi) is 4.39. The van der Waals surface area contributed by atoms with Crippen LogP contribution < -0.4 is 15.8 Å². The number of carbonyl (C=O) groups excluding carboxylic acids is 1. The van der Waals surface area contributed by atoms with Gasteiger partial charge in [-0.2, -0.15) is 0 Å². The third kappa shape index (κ3) is 3.02. The molecule has 0 fully saturated rings. The van der Waals surface area contributed by atoms with E-state index in [4.69, 9.17) is 10.5 Å². The molecule has 3 N–H and O–H groups in total. The molecular formula is C12H16N2O2. The number of rotatable bonds is 5. The molecule has 0 aliphatic carbocycles. The number of ether oxygens (including phenoxy) is 1. The minimum atomic E-state index is -0.135. The van der Waals surface area contributed by atoms with E-state index in [0.717, 1.165) is 0 Å². The average molecular weight is 220 g/mol. The summed E-state index contributed by atoms with van der Waals surface area (Å²) in [7, 11) is 0. The van der Waals surface area contributed by atoms with Crippen LogP contribution in [0.15, 0.2) is 30.9 Å². The summed E-state index contributed by atoms with van der Waals surface area (Å²) in [5.41, 5.74) is 6.74. The van der Waals surface area contributed by atoms with Gasteiger partial charge in [0.2, 0.25) is 0 Å². The highest BCUT2D eigenvalue weighted by atomic mass is 16.5. The summed E-state index contributed by atoms with van der Waals surface area (Å²) in [4.78, 5) is 11.5. The Morgan fingerprint density at radius 3 is 2.94 bits per heavy atom. The van der Waals surface area contributed by atoms with Crippen molar-refractivity contribution in [3.8, 4) is 5.75 Å². The molecule has 16 heavy (non-hydrogen) atoms. The summed E-state index contributed by atoms with van der Waals surface area (Å²) in [5.74, 6) is 0.428. The van der Waals surface area contributed by atoms with Crippen molar-refractivity contribution < 1.29 is 9.53 Å². The molecule has 0 unspecified atom stereocenters. The van der Waals surface area contributed by atoms with Crippen LogP contribution in [-0.4, -0.2) is 19.1 Å². The molecule has 0 spiro atoms. The lowest BCUT2D eigenvalue weighted by Gasteiger charge is -2.08. The third-order valence-electron chi connectivity index (χ3n) is 1.97. The maximum absolute atomic E-state index is 11.5. The van der Waals surface area contributed by atoms with Gasteiger partial charge in [-0.15, -0.1) is 0 Å². The summed E-state index contributed by atoms with van der Waals surface area (Å²) in [6, 6.07) is 4.96. The van der Waals surface area contributed by atoms with E-state index in [1.807, 2.05) is 6.92 Å². The Hall–Kier alpha value is -1.97. The number of nitrogens with two attached hydrogens (primary N) is 1. The molecule has 0 saturated carbocycles. The van der Waals surface area contributed by atoms with Gasteiger partial charge < -0.3 is 15.8 Å². The van der Waals surface area contributed by atoms with E-state index in [2.05, 4.69) is 11.9 Å². The van der Waals surface area contributed by atoms with Crippen LogP contribution in [0.4, 0.5) is 5.69 Å². The van der Waals surface area contributed by atoms with Crippen molar-refractivity contribution >= 4 is 11.6 Å². The zero-order valence-electron chi connectivity index (χ0n) is 9.32. The second-order valence-electron chi connectivity index (χ2n) is 3.21. The standard InChI is InChI=1S/C12H16N2O2/c1-3-7-16-11-6-5-9(8-10(11)13)12(15)14-4-2/h3,5-6,8H,1,4,7,13H2,2H3,(H,14,15). The van der Waals surface area contributed by atoms with Gasteiger partial charge in [-0.1, -0.05) is 12.7 Å². The van der Waals surface area contributed by atoms with Crippen LogP contribution in [0, 0.1) is 0 Å². The van der Waals surface area contributed by atoms with Crippen molar-refractivity contribution in [1.29, 1.82) is 0 Å². The van der Waals surface area contributed by atoms with Crippen molar-refractivity contribution in [3.63, 3.8) is 0 Å². The SMILES string of the molecule is C=CCOc1ccc(C(=O)NCC)cc1N. The van der Waals surface area contributed by atoms with Gasteiger partial charge in [0.1, 0.15) is 12.4 Å². The first-order chi connectivity index (χ1) is 7.69. The molecule has 0 bridgehead atoms. The Bertz CT molecular complexity index is 389. The monoisotopic (exact) mass is 220 g/mol. The van der Waals surface area contributed by atoms with E-state index < -0.39 is 0 Å². The number of hydrogen-bond donors (Lipinski definition) is 2. The van der Waals surface area contributed by atoms with E-state index in [-0.39, 0.29) is 5.91 Å². The van der Waals surface area contributed by atoms with Gasteiger partial charge in [0.25, 0.3) is 5.91 Å². The summed E-state index contributed by atoms with van der Waals surface area (Å²) in [6.07, 6.45) is 1.64. The van der Waals surface area contributed by atoms with Gasteiger partial charge in [0.15, 0.2) is 0 Å². The quantitative estimate of drug-likeness (QED) is 0.585. The third-order valence-corrected chi connectivity index (χ3v) is 1.97. The molecule has 86 valence electrons. The normalized spacial score (nSPS) is 9.56. The van der Waals surface area contributed by atoms with Gasteiger partial charge in [0.05, 0.1) is 5.69 Å². The van der Waals surface area contributed by atoms with E-state index in [1.54, 1.807) is 24.3 Å². The fourth-order valence-corrected chi connectivity index (χ4v) is 1.23. The van der Waals surface area contributed by atoms with Crippen LogP contribution in [0.5, 0.6) is 5.75 Å². The van der Waals surface area contributed by atoms with Crippen LogP contribution in [0.1, 0.15) is 17.3 Å². The predicted octanol–water partition coefficient (Wildman–Crippen LogP) is 1.58. The van der Waals surface area contributed by atoms with Crippen molar-refractivity contribution in [2.75, 3.05) is 18.9 Å². The Morgan fingerprint density at radius 1 is 1.62 bits per heavy atom. The molecule has 1 aromatic rings. The topological polar surface area (TPSA) is 64.3 Å². The Morgan fingerprint density at radius 2 is 2.38 bits per heavy atom. The number of benzene rings is 1. The zero-order chi connectivity index (χ0) is 12.0. The lowest BCUT2D eigenvalue weighted by Crippen LogP contribution is -2.22. The second kappa shape index (κ2) is 5.80. The minimum absolute atomic E-state index is 0.135. The number of hydrogen-bond acceptors (Lipinski definition) is 3. The van der Waals surface area contributed by atoms with E-state index in [9.17, 15) is 4.79 Å². The first kappa shape index (κ1) is 12.1. The van der Waals surface area contributed by atoms with Crippen LogP contribution in [-0.2, 0) is 0 Å². The molecule has 0 radical (unpaired) electrons. The molecule has 1 aromatic carbocycles. The number of anilines is 1. The highest BCUT2D eigenvalue weighted by Crippen LogP contribution is 2.22. The fraction of sp³-hybridized carbons (Fsp3) is 0.250. The molecule has 0 saturated heterocycles. The van der Waals surface area contributed by atoms with E-state index in [1.165, 1.54) is 0 Å². The lowest BCUT2D eigenvalue weighted by atomic mass is 10.2. The van der Waals surface area contributed by atoms with Gasteiger partial charge in [-0.05, 0) is 25.1 Å². The van der Waals surface area contributed by atoms with Crippen molar-refractivity contribution in [1.82, 2.24) is 5.32 Å². The molecule has 4 nitrogen and oxygen atoms in total. The molecule has 0 aliphatic rings. The summed E-state index contributed by atoms with van der Waals surface area (Å²) < 4.78 is 5.31. The smallest absolute Gasteiger partial charge is 0.251 e. The maximum Gasteiger partial charge on any atom is 0.251 e. The molecule has 0 aliphatic heterocycles. The first-order valence-corrected chi connectivity index (χ1v) is 5.10. The Balaban J connectivity index is 2.81. The number of carbonyl (C=O) groups is 1. The van der Waals surface area contributed by atoms with Gasteiger partial charge in [-0.3, -0.25) is 4.79 Å². The molecule has 4 heteroatoms. The van der Waals surface area contributed by atoms with Crippen molar-refractivity contribution in [2.45, 2.75) is 6.92 Å². The summed E-state index contributed by atoms with van der Waals surface area (Å²) >= 11 is 0. The summed E-state index contributed by atoms with van der Waals surface area (Å²) in [6.45, 7) is 6.39. The maximum atomic E-state index is 11.5. The fourth-order valence-electron chi connectivity index (χ4n) is 1.23. The van der Waals surface area contributed by atoms with Gasteiger partial charge in [-0.25, -0.2) is 0 Å². The molecule has 0 atom stereocenters. The van der Waals surface area contributed by atoms with Crippen LogP contribution >= 0.6 is 0 Å². The zero-order valence-corrected chi connectivity index (χ0v) is 9.32. The van der Waals surface area contributed by atoms with E-state index in [0.29, 0.717) is 30.2 Å². The molecule has 1 rings (SSSR count). The highest BCUT2D eigenvalue weighted by molar-refractivity contribution is 5.95. The van der Waals surface area contributed by atoms with Crippen LogP contribution in [0.2, 0.25) is 0 Å².